The minimum atomic E-state index is 0.500. The van der Waals surface area contributed by atoms with E-state index < -0.39 is 0 Å². The smallest absolute Gasteiger partial charge is 0.126 e. The minimum Gasteiger partial charge on any atom is -0.368 e. The summed E-state index contributed by atoms with van der Waals surface area (Å²) in [6.45, 7) is 6.73. The molecule has 0 aliphatic carbocycles. The van der Waals surface area contributed by atoms with Crippen molar-refractivity contribution in [3.63, 3.8) is 0 Å². The lowest BCUT2D eigenvalue weighted by molar-refractivity contribution is 0.483. The van der Waals surface area contributed by atoms with Gasteiger partial charge in [-0.1, -0.05) is 26.3 Å². The maximum absolute atomic E-state index is 4.24. The SMILES string of the molecule is CCC(C)CC(C)Nc1ccccn1. The maximum atomic E-state index is 4.24. The van der Waals surface area contributed by atoms with Crippen LogP contribution in [0.2, 0.25) is 0 Å². The van der Waals surface area contributed by atoms with Gasteiger partial charge in [0.15, 0.2) is 0 Å². The van der Waals surface area contributed by atoms with Crippen LogP contribution in [0, 0.1) is 5.92 Å². The summed E-state index contributed by atoms with van der Waals surface area (Å²) in [5.74, 6) is 1.75. The Balaban J connectivity index is 2.37. The Morgan fingerprint density at radius 2 is 2.14 bits per heavy atom. The number of nitrogens with one attached hydrogen (secondary N) is 1. The summed E-state index contributed by atoms with van der Waals surface area (Å²) >= 11 is 0. The molecular formula is C12H20N2. The first kappa shape index (κ1) is 11.0. The van der Waals surface area contributed by atoms with Crippen molar-refractivity contribution in [2.75, 3.05) is 5.32 Å². The second kappa shape index (κ2) is 5.63. The summed E-state index contributed by atoms with van der Waals surface area (Å²) in [5, 5.41) is 3.40. The van der Waals surface area contributed by atoms with E-state index in [0.29, 0.717) is 6.04 Å². The standard InChI is InChI=1S/C12H20N2/c1-4-10(2)9-11(3)14-12-7-5-6-8-13-12/h5-8,10-11H,4,9H2,1-3H3,(H,13,14). The quantitative estimate of drug-likeness (QED) is 0.774. The monoisotopic (exact) mass is 192 g/mol. The zero-order valence-electron chi connectivity index (χ0n) is 9.33. The van der Waals surface area contributed by atoms with Gasteiger partial charge < -0.3 is 5.32 Å². The largest absolute Gasteiger partial charge is 0.368 e. The number of pyridine rings is 1. The summed E-state index contributed by atoms with van der Waals surface area (Å²) in [5.41, 5.74) is 0. The van der Waals surface area contributed by atoms with Crippen molar-refractivity contribution in [3.05, 3.63) is 24.4 Å². The van der Waals surface area contributed by atoms with E-state index in [1.165, 1.54) is 12.8 Å². The molecule has 0 aromatic carbocycles. The molecule has 0 bridgehead atoms. The topological polar surface area (TPSA) is 24.9 Å². The van der Waals surface area contributed by atoms with Crippen molar-refractivity contribution < 1.29 is 0 Å². The van der Waals surface area contributed by atoms with Crippen LogP contribution >= 0.6 is 0 Å². The predicted molar refractivity (Wildman–Crippen MR) is 61.4 cm³/mol. The normalized spacial score (nSPS) is 14.8. The van der Waals surface area contributed by atoms with Crippen LogP contribution in [0.1, 0.15) is 33.6 Å². The third-order valence-corrected chi connectivity index (χ3v) is 2.51. The fraction of sp³-hybridized carbons (Fsp3) is 0.583. The van der Waals surface area contributed by atoms with E-state index in [4.69, 9.17) is 0 Å². The molecule has 1 aromatic rings. The Morgan fingerprint density at radius 1 is 1.36 bits per heavy atom. The van der Waals surface area contributed by atoms with Crippen molar-refractivity contribution in [2.24, 2.45) is 5.92 Å². The third kappa shape index (κ3) is 3.77. The summed E-state index contributed by atoms with van der Waals surface area (Å²) in [7, 11) is 0. The molecule has 0 spiro atoms. The number of hydrogen-bond donors (Lipinski definition) is 1. The molecule has 0 amide bonds. The van der Waals surface area contributed by atoms with Crippen molar-refractivity contribution >= 4 is 5.82 Å². The molecule has 1 rings (SSSR count). The van der Waals surface area contributed by atoms with Gasteiger partial charge in [-0.2, -0.15) is 0 Å². The molecule has 2 nitrogen and oxygen atoms in total. The highest BCUT2D eigenvalue weighted by atomic mass is 15.0. The molecule has 2 unspecified atom stereocenters. The molecule has 1 aromatic heterocycles. The average Bonchev–Trinajstić information content (AvgIpc) is 2.19. The molecule has 2 atom stereocenters. The van der Waals surface area contributed by atoms with Crippen LogP contribution in [0.5, 0.6) is 0 Å². The summed E-state index contributed by atoms with van der Waals surface area (Å²) in [6, 6.07) is 6.45. The van der Waals surface area contributed by atoms with Gasteiger partial charge in [0.25, 0.3) is 0 Å². The second-order valence-corrected chi connectivity index (χ2v) is 4.01. The van der Waals surface area contributed by atoms with Gasteiger partial charge in [-0.3, -0.25) is 0 Å². The third-order valence-electron chi connectivity index (χ3n) is 2.51. The van der Waals surface area contributed by atoms with Gasteiger partial charge >= 0.3 is 0 Å². The lowest BCUT2D eigenvalue weighted by atomic mass is 10.0. The van der Waals surface area contributed by atoms with Gasteiger partial charge in [0, 0.05) is 12.2 Å². The maximum Gasteiger partial charge on any atom is 0.126 e. The van der Waals surface area contributed by atoms with Gasteiger partial charge in [0.2, 0.25) is 0 Å². The first-order chi connectivity index (χ1) is 6.72. The van der Waals surface area contributed by atoms with Crippen molar-refractivity contribution in [1.29, 1.82) is 0 Å². The summed E-state index contributed by atoms with van der Waals surface area (Å²) in [6.07, 6.45) is 4.26. The molecule has 0 aliphatic heterocycles. The minimum absolute atomic E-state index is 0.500. The molecule has 1 N–H and O–H groups in total. The molecule has 2 heteroatoms. The van der Waals surface area contributed by atoms with E-state index in [1.54, 1.807) is 0 Å². The second-order valence-electron chi connectivity index (χ2n) is 4.01. The molecule has 0 aliphatic rings. The van der Waals surface area contributed by atoms with E-state index in [9.17, 15) is 0 Å². The Hall–Kier alpha value is -1.05. The summed E-state index contributed by atoms with van der Waals surface area (Å²) in [4.78, 5) is 4.24. The fourth-order valence-corrected chi connectivity index (χ4v) is 1.53. The van der Waals surface area contributed by atoms with Gasteiger partial charge in [-0.15, -0.1) is 0 Å². The summed E-state index contributed by atoms with van der Waals surface area (Å²) < 4.78 is 0. The Morgan fingerprint density at radius 3 is 2.71 bits per heavy atom. The Bertz CT molecular complexity index is 246. The van der Waals surface area contributed by atoms with Gasteiger partial charge in [-0.05, 0) is 31.4 Å². The number of hydrogen-bond acceptors (Lipinski definition) is 2. The van der Waals surface area contributed by atoms with Crippen LogP contribution < -0.4 is 5.32 Å². The molecular weight excluding hydrogens is 172 g/mol. The molecule has 14 heavy (non-hydrogen) atoms. The first-order valence-electron chi connectivity index (χ1n) is 5.40. The lowest BCUT2D eigenvalue weighted by Gasteiger charge is -2.17. The van der Waals surface area contributed by atoms with Crippen molar-refractivity contribution in [2.45, 2.75) is 39.7 Å². The van der Waals surface area contributed by atoms with E-state index >= 15 is 0 Å². The van der Waals surface area contributed by atoms with E-state index in [1.807, 2.05) is 24.4 Å². The average molecular weight is 192 g/mol. The number of anilines is 1. The molecule has 0 saturated heterocycles. The molecule has 0 fully saturated rings. The molecule has 78 valence electrons. The number of nitrogens with zero attached hydrogens (tertiary/aromatic N) is 1. The highest BCUT2D eigenvalue weighted by Crippen LogP contribution is 2.12. The number of rotatable bonds is 5. The molecule has 1 heterocycles. The van der Waals surface area contributed by atoms with E-state index in [0.717, 1.165) is 11.7 Å². The van der Waals surface area contributed by atoms with Crippen molar-refractivity contribution in [3.8, 4) is 0 Å². The van der Waals surface area contributed by atoms with Crippen LogP contribution in [0.15, 0.2) is 24.4 Å². The van der Waals surface area contributed by atoms with E-state index in [2.05, 4.69) is 31.1 Å². The van der Waals surface area contributed by atoms with Crippen molar-refractivity contribution in [1.82, 2.24) is 4.98 Å². The highest BCUT2D eigenvalue weighted by Gasteiger charge is 2.06. The van der Waals surface area contributed by atoms with Gasteiger partial charge in [0.05, 0.1) is 0 Å². The Labute approximate surface area is 86.8 Å². The molecule has 0 saturated carbocycles. The predicted octanol–water partition coefficient (Wildman–Crippen LogP) is 3.32. The highest BCUT2D eigenvalue weighted by molar-refractivity contribution is 5.34. The Kier molecular flexibility index (Phi) is 4.44. The van der Waals surface area contributed by atoms with Crippen LogP contribution in [0.25, 0.3) is 0 Å². The zero-order valence-corrected chi connectivity index (χ0v) is 9.33. The van der Waals surface area contributed by atoms with Crippen LogP contribution in [0.3, 0.4) is 0 Å². The number of aromatic nitrogens is 1. The lowest BCUT2D eigenvalue weighted by Crippen LogP contribution is -2.18. The fourth-order valence-electron chi connectivity index (χ4n) is 1.53. The van der Waals surface area contributed by atoms with Crippen LogP contribution in [-0.2, 0) is 0 Å². The van der Waals surface area contributed by atoms with Gasteiger partial charge in [0.1, 0.15) is 5.82 Å². The van der Waals surface area contributed by atoms with Gasteiger partial charge in [-0.25, -0.2) is 4.98 Å². The molecule has 0 radical (unpaired) electrons. The van der Waals surface area contributed by atoms with E-state index in [-0.39, 0.29) is 0 Å². The first-order valence-corrected chi connectivity index (χ1v) is 5.40. The van der Waals surface area contributed by atoms with Crippen LogP contribution in [-0.4, -0.2) is 11.0 Å². The zero-order chi connectivity index (χ0) is 10.4. The van der Waals surface area contributed by atoms with Crippen LogP contribution in [0.4, 0.5) is 5.82 Å².